The lowest BCUT2D eigenvalue weighted by Gasteiger charge is -2.40. The lowest BCUT2D eigenvalue weighted by Crippen LogP contribution is -2.52. The second-order valence-electron chi connectivity index (χ2n) is 8.21. The van der Waals surface area contributed by atoms with Gasteiger partial charge >= 0.3 is 0 Å². The van der Waals surface area contributed by atoms with Crippen molar-refractivity contribution in [3.05, 3.63) is 35.9 Å². The molecule has 0 saturated carbocycles. The van der Waals surface area contributed by atoms with E-state index in [-0.39, 0.29) is 34.9 Å². The van der Waals surface area contributed by atoms with Gasteiger partial charge in [-0.2, -0.15) is 0 Å². The van der Waals surface area contributed by atoms with Gasteiger partial charge < -0.3 is 15.4 Å². The molecule has 0 atom stereocenters. The third kappa shape index (κ3) is 7.58. The van der Waals surface area contributed by atoms with Crippen LogP contribution in [-0.4, -0.2) is 62.3 Å². The average molecular weight is 488 g/mol. The Balaban J connectivity index is 0.00000364. The zero-order valence-corrected chi connectivity index (χ0v) is 19.9. The van der Waals surface area contributed by atoms with Crippen LogP contribution < -0.4 is 10.6 Å². The number of halogens is 1. The number of ether oxygens (including phenoxy) is 1. The van der Waals surface area contributed by atoms with Gasteiger partial charge in [0, 0.05) is 37.1 Å². The van der Waals surface area contributed by atoms with Gasteiger partial charge in [-0.05, 0) is 26.3 Å². The molecule has 1 aliphatic rings. The van der Waals surface area contributed by atoms with E-state index < -0.39 is 0 Å². The van der Waals surface area contributed by atoms with Gasteiger partial charge in [0.2, 0.25) is 0 Å². The smallest absolute Gasteiger partial charge is 0.191 e. The molecule has 1 aromatic rings. The Hall–Kier alpha value is -0.860. The van der Waals surface area contributed by atoms with Crippen molar-refractivity contribution in [1.29, 1.82) is 0 Å². The standard InChI is InChI=1S/C21H36N4O.HI/c1-6-22-19(23-16-20(2,3)18-10-8-7-9-11-18)24-17-21(4,5)25-12-14-26-15-13-25;/h7-11H,6,12-17H2,1-5H3,(H2,22,23,24);1H. The normalized spacial score (nSPS) is 16.6. The van der Waals surface area contributed by atoms with Crippen molar-refractivity contribution < 1.29 is 4.74 Å². The van der Waals surface area contributed by atoms with Gasteiger partial charge in [0.05, 0.1) is 19.8 Å². The predicted octanol–water partition coefficient (Wildman–Crippen LogP) is 3.25. The van der Waals surface area contributed by atoms with Crippen LogP contribution in [0.3, 0.4) is 0 Å². The average Bonchev–Trinajstić information content (AvgIpc) is 2.65. The maximum atomic E-state index is 5.47. The minimum atomic E-state index is 0. The van der Waals surface area contributed by atoms with Crippen LogP contribution in [0.2, 0.25) is 0 Å². The Morgan fingerprint density at radius 2 is 1.70 bits per heavy atom. The lowest BCUT2D eigenvalue weighted by atomic mass is 9.85. The minimum absolute atomic E-state index is 0. The van der Waals surface area contributed by atoms with Crippen molar-refractivity contribution in [3.8, 4) is 0 Å². The van der Waals surface area contributed by atoms with Crippen LogP contribution in [0, 0.1) is 0 Å². The van der Waals surface area contributed by atoms with E-state index in [9.17, 15) is 0 Å². The second kappa shape index (κ2) is 11.2. The third-order valence-electron chi connectivity index (χ3n) is 5.09. The summed E-state index contributed by atoms with van der Waals surface area (Å²) in [5.74, 6) is 0.887. The van der Waals surface area contributed by atoms with E-state index in [1.807, 2.05) is 0 Å². The molecule has 0 aromatic heterocycles. The van der Waals surface area contributed by atoms with E-state index in [2.05, 4.69) is 80.5 Å². The molecule has 6 heteroatoms. The number of morpholine rings is 1. The number of nitrogens with one attached hydrogen (secondary N) is 2. The number of benzene rings is 1. The molecule has 1 heterocycles. The van der Waals surface area contributed by atoms with Crippen molar-refractivity contribution >= 4 is 29.9 Å². The Kier molecular flexibility index (Phi) is 10.0. The molecular formula is C21H37IN4O. The molecule has 1 fully saturated rings. The molecule has 0 bridgehead atoms. The van der Waals surface area contributed by atoms with E-state index >= 15 is 0 Å². The SMILES string of the molecule is CCNC(=NCC(C)(C)N1CCOCC1)NCC(C)(C)c1ccccc1.I. The van der Waals surface area contributed by atoms with Gasteiger partial charge in [0.25, 0.3) is 0 Å². The summed E-state index contributed by atoms with van der Waals surface area (Å²) in [4.78, 5) is 7.34. The van der Waals surface area contributed by atoms with Gasteiger partial charge in [0.1, 0.15) is 0 Å². The van der Waals surface area contributed by atoms with Crippen LogP contribution in [0.4, 0.5) is 0 Å². The predicted molar refractivity (Wildman–Crippen MR) is 125 cm³/mol. The van der Waals surface area contributed by atoms with E-state index in [0.717, 1.165) is 51.9 Å². The van der Waals surface area contributed by atoms with Gasteiger partial charge in [-0.3, -0.25) is 9.89 Å². The van der Waals surface area contributed by atoms with Crippen LogP contribution in [-0.2, 0) is 10.2 Å². The summed E-state index contributed by atoms with van der Waals surface area (Å²) in [6, 6.07) is 10.6. The van der Waals surface area contributed by atoms with Crippen molar-refractivity contribution in [1.82, 2.24) is 15.5 Å². The van der Waals surface area contributed by atoms with Crippen LogP contribution in [0.15, 0.2) is 35.3 Å². The first-order valence-corrected chi connectivity index (χ1v) is 9.76. The molecule has 1 aromatic carbocycles. The number of aliphatic imine (C=N–C) groups is 1. The number of hydrogen-bond acceptors (Lipinski definition) is 3. The maximum Gasteiger partial charge on any atom is 0.191 e. The molecule has 0 aliphatic carbocycles. The quantitative estimate of drug-likeness (QED) is 0.352. The first kappa shape index (κ1) is 24.2. The molecular weight excluding hydrogens is 451 g/mol. The lowest BCUT2D eigenvalue weighted by molar-refractivity contribution is -0.00684. The zero-order valence-electron chi connectivity index (χ0n) is 17.5. The van der Waals surface area contributed by atoms with E-state index in [4.69, 9.17) is 9.73 Å². The Labute approximate surface area is 182 Å². The molecule has 1 saturated heterocycles. The van der Waals surface area contributed by atoms with Gasteiger partial charge in [-0.25, -0.2) is 0 Å². The number of rotatable bonds is 7. The highest BCUT2D eigenvalue weighted by molar-refractivity contribution is 14.0. The summed E-state index contributed by atoms with van der Waals surface area (Å²) < 4.78 is 5.47. The van der Waals surface area contributed by atoms with Crippen molar-refractivity contribution in [2.24, 2.45) is 4.99 Å². The van der Waals surface area contributed by atoms with E-state index in [1.165, 1.54) is 5.56 Å². The number of hydrogen-bond donors (Lipinski definition) is 2. The molecule has 5 nitrogen and oxygen atoms in total. The molecule has 27 heavy (non-hydrogen) atoms. The fourth-order valence-corrected chi connectivity index (χ4v) is 3.18. The fraction of sp³-hybridized carbons (Fsp3) is 0.667. The van der Waals surface area contributed by atoms with Crippen molar-refractivity contribution in [2.75, 3.05) is 45.9 Å². The monoisotopic (exact) mass is 488 g/mol. The number of guanidine groups is 1. The van der Waals surface area contributed by atoms with Crippen LogP contribution in [0.5, 0.6) is 0 Å². The van der Waals surface area contributed by atoms with Crippen LogP contribution >= 0.6 is 24.0 Å². The molecule has 1 aliphatic heterocycles. The van der Waals surface area contributed by atoms with Crippen molar-refractivity contribution in [3.63, 3.8) is 0 Å². The Morgan fingerprint density at radius 1 is 1.07 bits per heavy atom. The van der Waals surface area contributed by atoms with E-state index in [0.29, 0.717) is 0 Å². The van der Waals surface area contributed by atoms with Crippen LogP contribution in [0.25, 0.3) is 0 Å². The molecule has 0 amide bonds. The van der Waals surface area contributed by atoms with Gasteiger partial charge in [-0.15, -0.1) is 24.0 Å². The molecule has 2 rings (SSSR count). The topological polar surface area (TPSA) is 48.9 Å². The summed E-state index contributed by atoms with van der Waals surface area (Å²) in [7, 11) is 0. The van der Waals surface area contributed by atoms with Gasteiger partial charge in [-0.1, -0.05) is 44.2 Å². The summed E-state index contributed by atoms with van der Waals surface area (Å²) in [5, 5.41) is 6.91. The molecule has 0 unspecified atom stereocenters. The number of nitrogens with zero attached hydrogens (tertiary/aromatic N) is 2. The largest absolute Gasteiger partial charge is 0.379 e. The summed E-state index contributed by atoms with van der Waals surface area (Å²) in [6.07, 6.45) is 0. The first-order valence-electron chi connectivity index (χ1n) is 9.76. The first-order chi connectivity index (χ1) is 12.3. The summed E-state index contributed by atoms with van der Waals surface area (Å²) >= 11 is 0. The van der Waals surface area contributed by atoms with Crippen LogP contribution in [0.1, 0.15) is 40.2 Å². The summed E-state index contributed by atoms with van der Waals surface area (Å²) in [6.45, 7) is 17.2. The maximum absolute atomic E-state index is 5.47. The summed E-state index contributed by atoms with van der Waals surface area (Å²) in [5.41, 5.74) is 1.40. The highest BCUT2D eigenvalue weighted by Crippen LogP contribution is 2.21. The molecule has 154 valence electrons. The highest BCUT2D eigenvalue weighted by atomic mass is 127. The Morgan fingerprint density at radius 3 is 2.30 bits per heavy atom. The van der Waals surface area contributed by atoms with E-state index in [1.54, 1.807) is 0 Å². The third-order valence-corrected chi connectivity index (χ3v) is 5.09. The molecule has 2 N–H and O–H groups in total. The minimum Gasteiger partial charge on any atom is -0.379 e. The van der Waals surface area contributed by atoms with Gasteiger partial charge in [0.15, 0.2) is 5.96 Å². The fourth-order valence-electron chi connectivity index (χ4n) is 3.18. The zero-order chi connectivity index (χ0) is 19.0. The second-order valence-corrected chi connectivity index (χ2v) is 8.21. The Bertz CT molecular complexity index is 569. The molecule has 0 spiro atoms. The van der Waals surface area contributed by atoms with Crippen molar-refractivity contribution in [2.45, 2.75) is 45.6 Å². The molecule has 0 radical (unpaired) electrons. The highest BCUT2D eigenvalue weighted by Gasteiger charge is 2.28.